The van der Waals surface area contributed by atoms with E-state index < -0.39 is 58.2 Å². The fourth-order valence-corrected chi connectivity index (χ4v) is 7.50. The summed E-state index contributed by atoms with van der Waals surface area (Å²) >= 11 is 0. The lowest BCUT2D eigenvalue weighted by atomic mass is 9.72. The molecule has 4 unspecified atom stereocenters. The van der Waals surface area contributed by atoms with Crippen LogP contribution < -0.4 is 0 Å². The number of hydrogen-bond acceptors (Lipinski definition) is 6. The summed E-state index contributed by atoms with van der Waals surface area (Å²) in [6, 6.07) is 23.8. The Morgan fingerprint density at radius 1 is 0.620 bits per heavy atom. The Morgan fingerprint density at radius 2 is 1.02 bits per heavy atom. The zero-order valence-electron chi connectivity index (χ0n) is 27.8. The van der Waals surface area contributed by atoms with Crippen molar-refractivity contribution in [1.82, 2.24) is 9.80 Å². The highest BCUT2D eigenvalue weighted by Gasteiger charge is 2.50. The molecule has 0 N–H and O–H groups in total. The largest absolute Gasteiger partial charge is 0.450 e. The molecule has 2 aliphatic heterocycles. The van der Waals surface area contributed by atoms with Gasteiger partial charge in [0, 0.05) is 63.0 Å². The van der Waals surface area contributed by atoms with Gasteiger partial charge in [0.05, 0.1) is 0 Å². The van der Waals surface area contributed by atoms with E-state index in [2.05, 4.69) is 0 Å². The first kappa shape index (κ1) is 35.0. The molecule has 6 rings (SSSR count). The van der Waals surface area contributed by atoms with Crippen molar-refractivity contribution in [2.75, 3.05) is 40.3 Å². The van der Waals surface area contributed by atoms with Gasteiger partial charge in [0.15, 0.2) is 0 Å². The lowest BCUT2D eigenvalue weighted by Crippen LogP contribution is -2.50. The first-order valence-corrected chi connectivity index (χ1v) is 16.5. The Kier molecular flexibility index (Phi) is 10.2. The van der Waals surface area contributed by atoms with E-state index in [0.717, 1.165) is 12.2 Å². The van der Waals surface area contributed by atoms with Gasteiger partial charge in [0.2, 0.25) is 0 Å². The molecule has 4 atom stereocenters. The Bertz CT molecular complexity index is 1770. The Labute approximate surface area is 288 Å². The maximum absolute atomic E-state index is 15.3. The lowest BCUT2D eigenvalue weighted by Gasteiger charge is -2.47. The number of nitrogens with zero attached hydrogens (tertiary/aromatic N) is 2. The van der Waals surface area contributed by atoms with E-state index in [1.54, 1.807) is 48.5 Å². The van der Waals surface area contributed by atoms with Gasteiger partial charge in [-0.3, -0.25) is 0 Å². The summed E-state index contributed by atoms with van der Waals surface area (Å²) in [6.45, 7) is 1.53. The molecule has 4 aromatic rings. The highest BCUT2D eigenvalue weighted by molar-refractivity contribution is 5.92. The van der Waals surface area contributed by atoms with Crippen molar-refractivity contribution in [3.8, 4) is 0 Å². The first-order valence-electron chi connectivity index (χ1n) is 16.5. The van der Waals surface area contributed by atoms with Crippen LogP contribution in [0.5, 0.6) is 0 Å². The number of ether oxygens (including phenoxy) is 2. The highest BCUT2D eigenvalue weighted by atomic mass is 19.1. The van der Waals surface area contributed by atoms with Crippen LogP contribution in [0.15, 0.2) is 109 Å². The fraction of sp³-hybridized carbons (Fsp3) is 0.300. The van der Waals surface area contributed by atoms with Gasteiger partial charge in [-0.25, -0.2) is 27.2 Å². The SMILES string of the molecule is CN1CCC(OC(=O)/C=C\C(=O)OC2(c3cccc(F)c3)CCN(C)CC2c2ccccc2F)(c2cccc(F)c2)C(c2ccccc2F)C1. The van der Waals surface area contributed by atoms with Gasteiger partial charge in [-0.05, 0) is 72.7 Å². The van der Waals surface area contributed by atoms with E-state index >= 15 is 8.78 Å². The predicted molar refractivity (Wildman–Crippen MR) is 180 cm³/mol. The number of benzene rings is 4. The van der Waals surface area contributed by atoms with Crippen molar-refractivity contribution in [3.63, 3.8) is 0 Å². The molecular formula is C40H38F4N2O4. The number of carbonyl (C=O) groups is 2. The van der Waals surface area contributed by atoms with Crippen LogP contribution in [0.3, 0.4) is 0 Å². The number of likely N-dealkylation sites (tertiary alicyclic amines) is 2. The number of rotatable bonds is 8. The third-order valence-corrected chi connectivity index (χ3v) is 9.95. The van der Waals surface area contributed by atoms with Crippen LogP contribution in [0.4, 0.5) is 17.6 Å². The molecule has 4 aromatic carbocycles. The quantitative estimate of drug-likeness (QED) is 0.111. The lowest BCUT2D eigenvalue weighted by molar-refractivity contribution is -0.166. The molecule has 0 aliphatic carbocycles. The molecule has 2 saturated heterocycles. The minimum Gasteiger partial charge on any atom is -0.450 e. The van der Waals surface area contributed by atoms with Crippen LogP contribution in [0, 0.1) is 23.3 Å². The average Bonchev–Trinajstić information content (AvgIpc) is 3.09. The van der Waals surface area contributed by atoms with Gasteiger partial charge in [-0.15, -0.1) is 0 Å². The topological polar surface area (TPSA) is 59.1 Å². The Hall–Kier alpha value is -4.80. The molecule has 0 radical (unpaired) electrons. The van der Waals surface area contributed by atoms with Crippen molar-refractivity contribution in [1.29, 1.82) is 0 Å². The minimum absolute atomic E-state index is 0.219. The van der Waals surface area contributed by atoms with Crippen molar-refractivity contribution >= 4 is 11.9 Å². The zero-order valence-corrected chi connectivity index (χ0v) is 27.8. The normalized spacial score (nSPS) is 24.6. The number of likely N-dealkylation sites (N-methyl/N-ethyl adjacent to an activating group) is 2. The highest BCUT2D eigenvalue weighted by Crippen LogP contribution is 2.49. The summed E-state index contributed by atoms with van der Waals surface area (Å²) in [7, 11) is 3.74. The standard InChI is InChI=1S/C40H38F4N2O4/c1-45-21-19-39(27-9-7-11-29(41)23-27,33(25-45)31-13-3-5-15-35(31)43)49-37(47)17-18-38(48)50-40(28-10-8-12-30(42)24-28)20-22-46(2)26-34(40)32-14-4-6-16-36(32)44/h3-18,23-24,33-34H,19-22,25-26H2,1-2H3/b18-17-. The van der Waals surface area contributed by atoms with E-state index in [1.165, 1.54) is 48.5 Å². The molecule has 50 heavy (non-hydrogen) atoms. The second-order valence-corrected chi connectivity index (χ2v) is 13.1. The average molecular weight is 687 g/mol. The van der Waals surface area contributed by atoms with Crippen LogP contribution in [0.25, 0.3) is 0 Å². The molecule has 10 heteroatoms. The van der Waals surface area contributed by atoms with Crippen molar-refractivity contribution in [3.05, 3.63) is 155 Å². The van der Waals surface area contributed by atoms with E-state index in [1.807, 2.05) is 23.9 Å². The van der Waals surface area contributed by atoms with Crippen LogP contribution in [0.1, 0.15) is 46.9 Å². The second kappa shape index (κ2) is 14.6. The molecule has 0 spiro atoms. The number of halogens is 4. The first-order chi connectivity index (χ1) is 24.0. The molecule has 2 aliphatic rings. The summed E-state index contributed by atoms with van der Waals surface area (Å²) < 4.78 is 72.2. The molecule has 0 saturated carbocycles. The third-order valence-electron chi connectivity index (χ3n) is 9.95. The monoisotopic (exact) mass is 686 g/mol. The molecule has 260 valence electrons. The predicted octanol–water partition coefficient (Wildman–Crippen LogP) is 7.22. The molecular weight excluding hydrogens is 648 g/mol. The Morgan fingerprint density at radius 3 is 1.40 bits per heavy atom. The summed E-state index contributed by atoms with van der Waals surface area (Å²) in [5, 5.41) is 0. The molecule has 0 amide bonds. The minimum atomic E-state index is -1.48. The van der Waals surface area contributed by atoms with Crippen LogP contribution in [-0.2, 0) is 30.3 Å². The fourth-order valence-electron chi connectivity index (χ4n) is 7.50. The summed E-state index contributed by atoms with van der Waals surface area (Å²) in [5.74, 6) is -5.36. The molecule has 0 aromatic heterocycles. The third kappa shape index (κ3) is 7.09. The van der Waals surface area contributed by atoms with Gasteiger partial charge in [0.1, 0.15) is 34.5 Å². The van der Waals surface area contributed by atoms with Crippen LogP contribution in [0.2, 0.25) is 0 Å². The molecule has 0 bridgehead atoms. The van der Waals surface area contributed by atoms with E-state index in [9.17, 15) is 18.4 Å². The van der Waals surface area contributed by atoms with Gasteiger partial charge in [0.25, 0.3) is 0 Å². The van der Waals surface area contributed by atoms with Gasteiger partial charge >= 0.3 is 11.9 Å². The number of esters is 2. The molecule has 2 heterocycles. The van der Waals surface area contributed by atoms with Gasteiger partial charge in [-0.2, -0.15) is 0 Å². The van der Waals surface area contributed by atoms with Crippen LogP contribution >= 0.6 is 0 Å². The maximum Gasteiger partial charge on any atom is 0.331 e. The van der Waals surface area contributed by atoms with Gasteiger partial charge < -0.3 is 19.3 Å². The van der Waals surface area contributed by atoms with Gasteiger partial charge in [-0.1, -0.05) is 60.7 Å². The van der Waals surface area contributed by atoms with Crippen LogP contribution in [-0.4, -0.2) is 62.0 Å². The van der Waals surface area contributed by atoms with E-state index in [-0.39, 0.29) is 12.8 Å². The zero-order chi connectivity index (χ0) is 35.5. The molecule has 6 nitrogen and oxygen atoms in total. The second-order valence-electron chi connectivity index (χ2n) is 13.1. The van der Waals surface area contributed by atoms with Crippen molar-refractivity contribution in [2.45, 2.75) is 35.9 Å². The summed E-state index contributed by atoms with van der Waals surface area (Å²) in [4.78, 5) is 31.3. The van der Waals surface area contributed by atoms with E-state index in [4.69, 9.17) is 9.47 Å². The van der Waals surface area contributed by atoms with Crippen molar-refractivity contribution < 1.29 is 36.6 Å². The van der Waals surface area contributed by atoms with Crippen molar-refractivity contribution in [2.24, 2.45) is 0 Å². The van der Waals surface area contributed by atoms with E-state index in [0.29, 0.717) is 48.4 Å². The smallest absolute Gasteiger partial charge is 0.331 e. The summed E-state index contributed by atoms with van der Waals surface area (Å²) in [6.07, 6.45) is 2.28. The number of piperidine rings is 2. The Balaban J connectivity index is 1.34. The number of hydrogen-bond donors (Lipinski definition) is 0. The number of carbonyl (C=O) groups excluding carboxylic acids is 2. The molecule has 2 fully saturated rings. The maximum atomic E-state index is 15.3. The summed E-state index contributed by atoms with van der Waals surface area (Å²) in [5.41, 5.74) is -1.64.